The SMILES string of the molecule is COc1cc(F)c(CC(O)CCl)cc1C. The van der Waals surface area contributed by atoms with Crippen LogP contribution in [0.5, 0.6) is 5.75 Å². The number of methoxy groups -OCH3 is 1. The fourth-order valence-corrected chi connectivity index (χ4v) is 1.52. The third-order valence-corrected chi connectivity index (χ3v) is 2.55. The molecule has 4 heteroatoms. The van der Waals surface area contributed by atoms with E-state index in [4.69, 9.17) is 16.3 Å². The number of aliphatic hydroxyl groups excluding tert-OH is 1. The zero-order valence-electron chi connectivity index (χ0n) is 8.76. The quantitative estimate of drug-likeness (QED) is 0.808. The average molecular weight is 233 g/mol. The molecule has 1 rings (SSSR count). The normalized spacial score (nSPS) is 12.6. The molecule has 0 saturated carbocycles. The second-order valence-electron chi connectivity index (χ2n) is 3.43. The Balaban J connectivity index is 2.95. The highest BCUT2D eigenvalue weighted by Crippen LogP contribution is 2.22. The summed E-state index contributed by atoms with van der Waals surface area (Å²) in [6, 6.07) is 3.00. The number of benzene rings is 1. The molecule has 15 heavy (non-hydrogen) atoms. The van der Waals surface area contributed by atoms with Gasteiger partial charge in [-0.25, -0.2) is 4.39 Å². The van der Waals surface area contributed by atoms with Crippen LogP contribution < -0.4 is 4.74 Å². The molecular formula is C11H14ClFO2. The Hall–Kier alpha value is -0.800. The molecule has 84 valence electrons. The van der Waals surface area contributed by atoms with Crippen LogP contribution in [0.2, 0.25) is 0 Å². The van der Waals surface area contributed by atoms with Crippen molar-refractivity contribution in [1.82, 2.24) is 0 Å². The zero-order valence-corrected chi connectivity index (χ0v) is 9.51. The minimum Gasteiger partial charge on any atom is -0.496 e. The molecule has 1 aromatic rings. The molecule has 0 spiro atoms. The predicted molar refractivity (Wildman–Crippen MR) is 58.1 cm³/mol. The van der Waals surface area contributed by atoms with E-state index in [2.05, 4.69) is 0 Å². The monoisotopic (exact) mass is 232 g/mol. The minimum absolute atomic E-state index is 0.102. The van der Waals surface area contributed by atoms with Gasteiger partial charge in [0.15, 0.2) is 0 Å². The van der Waals surface area contributed by atoms with Crippen LogP contribution in [0, 0.1) is 12.7 Å². The molecule has 0 aliphatic rings. The number of hydrogen-bond acceptors (Lipinski definition) is 2. The van der Waals surface area contributed by atoms with Crippen molar-refractivity contribution < 1.29 is 14.2 Å². The van der Waals surface area contributed by atoms with Gasteiger partial charge in [-0.15, -0.1) is 11.6 Å². The molecule has 1 atom stereocenters. The van der Waals surface area contributed by atoms with Crippen LogP contribution >= 0.6 is 11.6 Å². The number of halogens is 2. The second-order valence-corrected chi connectivity index (χ2v) is 3.73. The van der Waals surface area contributed by atoms with Crippen LogP contribution in [0.1, 0.15) is 11.1 Å². The van der Waals surface area contributed by atoms with Crippen LogP contribution in [-0.4, -0.2) is 24.2 Å². The van der Waals surface area contributed by atoms with Crippen LogP contribution in [0.25, 0.3) is 0 Å². The first-order valence-corrected chi connectivity index (χ1v) is 5.19. The Kier molecular flexibility index (Phi) is 4.36. The lowest BCUT2D eigenvalue weighted by Gasteiger charge is -2.11. The van der Waals surface area contributed by atoms with Gasteiger partial charge in [-0.1, -0.05) is 0 Å². The maximum absolute atomic E-state index is 13.5. The molecule has 2 nitrogen and oxygen atoms in total. The summed E-state index contributed by atoms with van der Waals surface area (Å²) in [6.07, 6.45) is -0.492. The molecule has 0 radical (unpaired) electrons. The van der Waals surface area contributed by atoms with Crippen molar-refractivity contribution >= 4 is 11.6 Å². The number of rotatable bonds is 4. The van der Waals surface area contributed by atoms with Gasteiger partial charge in [-0.2, -0.15) is 0 Å². The molecular weight excluding hydrogens is 219 g/mol. The van der Waals surface area contributed by atoms with E-state index in [1.54, 1.807) is 6.07 Å². The van der Waals surface area contributed by atoms with E-state index >= 15 is 0 Å². The predicted octanol–water partition coefficient (Wildman–Crippen LogP) is 2.28. The number of alkyl halides is 1. The lowest BCUT2D eigenvalue weighted by Crippen LogP contribution is -2.13. The minimum atomic E-state index is -0.714. The molecule has 0 saturated heterocycles. The Morgan fingerprint density at radius 3 is 2.73 bits per heavy atom. The molecule has 1 aromatic carbocycles. The van der Waals surface area contributed by atoms with Gasteiger partial charge in [0.2, 0.25) is 0 Å². The highest BCUT2D eigenvalue weighted by molar-refractivity contribution is 6.18. The number of aryl methyl sites for hydroxylation is 1. The summed E-state index contributed by atoms with van der Waals surface area (Å²) < 4.78 is 18.5. The summed E-state index contributed by atoms with van der Waals surface area (Å²) in [4.78, 5) is 0. The maximum atomic E-state index is 13.5. The van der Waals surface area contributed by atoms with Gasteiger partial charge in [-0.3, -0.25) is 0 Å². The second kappa shape index (κ2) is 5.33. The first-order chi connectivity index (χ1) is 7.08. The summed E-state index contributed by atoms with van der Waals surface area (Å²) in [5, 5.41) is 9.32. The van der Waals surface area contributed by atoms with Crippen LogP contribution in [0.15, 0.2) is 12.1 Å². The first kappa shape index (κ1) is 12.3. The van der Waals surface area contributed by atoms with Gasteiger partial charge in [-0.05, 0) is 24.1 Å². The lowest BCUT2D eigenvalue weighted by molar-refractivity contribution is 0.197. The molecule has 0 heterocycles. The van der Waals surface area contributed by atoms with E-state index in [1.165, 1.54) is 13.2 Å². The first-order valence-electron chi connectivity index (χ1n) is 4.65. The van der Waals surface area contributed by atoms with E-state index in [0.29, 0.717) is 11.3 Å². The fraction of sp³-hybridized carbons (Fsp3) is 0.455. The number of aliphatic hydroxyl groups is 1. The van der Waals surface area contributed by atoms with E-state index in [1.807, 2.05) is 6.92 Å². The summed E-state index contributed by atoms with van der Waals surface area (Å²) in [5.41, 5.74) is 1.30. The molecule has 0 bridgehead atoms. The molecule has 1 unspecified atom stereocenters. The highest BCUT2D eigenvalue weighted by atomic mass is 35.5. The van der Waals surface area contributed by atoms with Crippen molar-refractivity contribution in [3.63, 3.8) is 0 Å². The van der Waals surface area contributed by atoms with Crippen molar-refractivity contribution in [2.24, 2.45) is 0 Å². The average Bonchev–Trinajstić information content (AvgIpc) is 2.22. The Labute approximate surface area is 93.6 Å². The van der Waals surface area contributed by atoms with Gasteiger partial charge >= 0.3 is 0 Å². The van der Waals surface area contributed by atoms with Crippen LogP contribution in [0.4, 0.5) is 4.39 Å². The third kappa shape index (κ3) is 3.08. The Morgan fingerprint density at radius 1 is 1.53 bits per heavy atom. The van der Waals surface area contributed by atoms with Crippen molar-refractivity contribution in [3.8, 4) is 5.75 Å². The van der Waals surface area contributed by atoms with E-state index < -0.39 is 6.10 Å². The van der Waals surface area contributed by atoms with Crippen LogP contribution in [-0.2, 0) is 6.42 Å². The van der Waals surface area contributed by atoms with Crippen molar-refractivity contribution in [3.05, 3.63) is 29.1 Å². The number of ether oxygens (including phenoxy) is 1. The smallest absolute Gasteiger partial charge is 0.130 e. The Morgan fingerprint density at radius 2 is 2.20 bits per heavy atom. The summed E-state index contributed by atoms with van der Waals surface area (Å²) >= 11 is 5.46. The van der Waals surface area contributed by atoms with Crippen molar-refractivity contribution in [2.75, 3.05) is 13.0 Å². The fourth-order valence-electron chi connectivity index (χ4n) is 1.41. The topological polar surface area (TPSA) is 29.5 Å². The Bertz CT molecular complexity index is 342. The van der Waals surface area contributed by atoms with Crippen molar-refractivity contribution in [1.29, 1.82) is 0 Å². The standard InChI is InChI=1S/C11H14ClFO2/c1-7-3-8(4-9(14)6-12)10(13)5-11(7)15-2/h3,5,9,14H,4,6H2,1-2H3. The van der Waals surface area contributed by atoms with Gasteiger partial charge in [0, 0.05) is 18.4 Å². The van der Waals surface area contributed by atoms with E-state index in [9.17, 15) is 9.50 Å². The van der Waals surface area contributed by atoms with E-state index in [-0.39, 0.29) is 18.1 Å². The maximum Gasteiger partial charge on any atom is 0.130 e. The number of hydrogen-bond donors (Lipinski definition) is 1. The molecule has 0 aliphatic heterocycles. The summed E-state index contributed by atoms with van der Waals surface area (Å²) in [7, 11) is 1.50. The third-order valence-electron chi connectivity index (χ3n) is 2.20. The highest BCUT2D eigenvalue weighted by Gasteiger charge is 2.11. The molecule has 0 fully saturated rings. The molecule has 1 N–H and O–H groups in total. The summed E-state index contributed by atoms with van der Waals surface area (Å²) in [6.45, 7) is 1.83. The van der Waals surface area contributed by atoms with Gasteiger partial charge < -0.3 is 9.84 Å². The van der Waals surface area contributed by atoms with Gasteiger partial charge in [0.05, 0.1) is 13.2 Å². The van der Waals surface area contributed by atoms with Crippen molar-refractivity contribution in [2.45, 2.75) is 19.4 Å². The van der Waals surface area contributed by atoms with Gasteiger partial charge in [0.1, 0.15) is 11.6 Å². The molecule has 0 aliphatic carbocycles. The summed E-state index contributed by atoms with van der Waals surface area (Å²) in [5.74, 6) is 0.239. The van der Waals surface area contributed by atoms with E-state index in [0.717, 1.165) is 5.56 Å². The van der Waals surface area contributed by atoms with Gasteiger partial charge in [0.25, 0.3) is 0 Å². The lowest BCUT2D eigenvalue weighted by atomic mass is 10.0. The largest absolute Gasteiger partial charge is 0.496 e. The zero-order chi connectivity index (χ0) is 11.4. The van der Waals surface area contributed by atoms with Crippen LogP contribution in [0.3, 0.4) is 0 Å². The molecule has 0 aromatic heterocycles. The molecule has 0 amide bonds.